The van der Waals surface area contributed by atoms with Crippen LogP contribution in [0.5, 0.6) is 0 Å². The van der Waals surface area contributed by atoms with E-state index < -0.39 is 8.32 Å². The lowest BCUT2D eigenvalue weighted by Gasteiger charge is -2.43. The summed E-state index contributed by atoms with van der Waals surface area (Å²) < 4.78 is 12.4. The zero-order chi connectivity index (χ0) is 29.0. The number of nitrogens with one attached hydrogen (secondary N) is 1. The Bertz CT molecular complexity index is 1130. The number of urea groups is 1. The molecule has 220 valence electrons. The molecule has 40 heavy (non-hydrogen) atoms. The molecular formula is C30H46ClN5O3Si. The monoisotopic (exact) mass is 587 g/mol. The molecule has 8 nitrogen and oxygen atoms in total. The summed E-state index contributed by atoms with van der Waals surface area (Å²) >= 11 is 6.54. The van der Waals surface area contributed by atoms with E-state index >= 15 is 0 Å². The summed E-state index contributed by atoms with van der Waals surface area (Å²) in [5.74, 6) is 1.20. The van der Waals surface area contributed by atoms with E-state index in [2.05, 4.69) is 51.8 Å². The normalized spacial score (nSPS) is 20.0. The topological polar surface area (TPSA) is 79.8 Å². The molecule has 1 fully saturated rings. The van der Waals surface area contributed by atoms with Crippen LogP contribution in [0.4, 0.5) is 22.2 Å². The maximum Gasteiger partial charge on any atom is 0.330 e. The SMILES string of the molecule is COC1CCC(Nc2ncc3c(n2)N(CCO[Si](C(C)C)(C(C)C)C(C)C)C(=O)N(c2ccccc2Cl)C3)CC1. The van der Waals surface area contributed by atoms with Gasteiger partial charge in [0.2, 0.25) is 5.95 Å². The summed E-state index contributed by atoms with van der Waals surface area (Å²) in [6, 6.07) is 7.59. The smallest absolute Gasteiger partial charge is 0.330 e. The van der Waals surface area contributed by atoms with Gasteiger partial charge in [0.15, 0.2) is 8.32 Å². The Morgan fingerprint density at radius 3 is 2.30 bits per heavy atom. The third kappa shape index (κ3) is 6.32. The number of benzene rings is 1. The van der Waals surface area contributed by atoms with E-state index in [0.717, 1.165) is 31.2 Å². The number of carbonyl (C=O) groups excluding carboxylic acids is 1. The molecule has 1 aliphatic carbocycles. The highest BCUT2D eigenvalue weighted by molar-refractivity contribution is 6.77. The van der Waals surface area contributed by atoms with Crippen molar-refractivity contribution in [2.24, 2.45) is 0 Å². The summed E-state index contributed by atoms with van der Waals surface area (Å²) in [4.78, 5) is 27.0. The number of para-hydroxylation sites is 1. The number of ether oxygens (including phenoxy) is 1. The van der Waals surface area contributed by atoms with E-state index in [1.165, 1.54) is 0 Å². The van der Waals surface area contributed by atoms with Crippen molar-refractivity contribution in [3.8, 4) is 0 Å². The van der Waals surface area contributed by atoms with Gasteiger partial charge in [0.05, 0.1) is 36.5 Å². The summed E-state index contributed by atoms with van der Waals surface area (Å²) in [5.41, 5.74) is 2.94. The molecule has 1 aromatic carbocycles. The van der Waals surface area contributed by atoms with Gasteiger partial charge in [-0.2, -0.15) is 4.98 Å². The first-order valence-corrected chi connectivity index (χ1v) is 17.2. The fourth-order valence-corrected chi connectivity index (χ4v) is 12.5. The Kier molecular flexibility index (Phi) is 10.1. The second-order valence-electron chi connectivity index (χ2n) is 12.0. The lowest BCUT2D eigenvalue weighted by atomic mass is 9.93. The van der Waals surface area contributed by atoms with E-state index in [-0.39, 0.29) is 12.1 Å². The summed E-state index contributed by atoms with van der Waals surface area (Å²) in [5, 5.41) is 4.05. The van der Waals surface area contributed by atoms with E-state index in [4.69, 9.17) is 25.7 Å². The summed E-state index contributed by atoms with van der Waals surface area (Å²) in [6.07, 6.45) is 6.20. The Labute approximate surface area is 245 Å². The Morgan fingerprint density at radius 2 is 1.70 bits per heavy atom. The molecule has 1 saturated carbocycles. The van der Waals surface area contributed by atoms with Crippen molar-refractivity contribution in [2.75, 3.05) is 35.4 Å². The van der Waals surface area contributed by atoms with Crippen LogP contribution in [-0.4, -0.2) is 56.7 Å². The van der Waals surface area contributed by atoms with Crippen LogP contribution in [0.15, 0.2) is 30.5 Å². The van der Waals surface area contributed by atoms with Crippen molar-refractivity contribution in [3.63, 3.8) is 0 Å². The van der Waals surface area contributed by atoms with Gasteiger partial charge in [0.1, 0.15) is 5.82 Å². The maximum absolute atomic E-state index is 14.0. The van der Waals surface area contributed by atoms with Gasteiger partial charge in [-0.1, -0.05) is 65.3 Å². The number of carbonyl (C=O) groups is 1. The van der Waals surface area contributed by atoms with E-state index in [0.29, 0.717) is 64.9 Å². The maximum atomic E-state index is 14.0. The Morgan fingerprint density at radius 1 is 1.05 bits per heavy atom. The van der Waals surface area contributed by atoms with Gasteiger partial charge in [0, 0.05) is 24.9 Å². The Balaban J connectivity index is 1.61. The number of hydrogen-bond acceptors (Lipinski definition) is 6. The first-order chi connectivity index (χ1) is 19.1. The molecule has 10 heteroatoms. The molecule has 1 aliphatic heterocycles. The number of methoxy groups -OCH3 is 1. The predicted octanol–water partition coefficient (Wildman–Crippen LogP) is 7.64. The third-order valence-corrected chi connectivity index (χ3v) is 15.2. The van der Waals surface area contributed by atoms with Crippen LogP contribution in [-0.2, 0) is 15.7 Å². The van der Waals surface area contributed by atoms with Crippen LogP contribution in [0.2, 0.25) is 21.6 Å². The van der Waals surface area contributed by atoms with Crippen LogP contribution in [0.25, 0.3) is 0 Å². The molecule has 2 aromatic rings. The molecule has 2 amide bonds. The quantitative estimate of drug-likeness (QED) is 0.272. The van der Waals surface area contributed by atoms with Crippen LogP contribution in [0, 0.1) is 0 Å². The Hall–Kier alpha value is -2.20. The fourth-order valence-electron chi connectivity index (χ4n) is 6.79. The third-order valence-electron chi connectivity index (χ3n) is 8.75. The second-order valence-corrected chi connectivity index (χ2v) is 17.9. The predicted molar refractivity (Wildman–Crippen MR) is 166 cm³/mol. The number of amides is 2. The minimum atomic E-state index is -2.09. The van der Waals surface area contributed by atoms with E-state index in [1.54, 1.807) is 16.9 Å². The van der Waals surface area contributed by atoms with Crippen molar-refractivity contribution >= 4 is 43.4 Å². The van der Waals surface area contributed by atoms with Gasteiger partial charge in [-0.25, -0.2) is 9.78 Å². The van der Waals surface area contributed by atoms with Gasteiger partial charge in [0.25, 0.3) is 0 Å². The van der Waals surface area contributed by atoms with Gasteiger partial charge in [-0.3, -0.25) is 9.80 Å². The first-order valence-electron chi connectivity index (χ1n) is 14.7. The molecule has 0 spiro atoms. The average molecular weight is 588 g/mol. The molecule has 4 rings (SSSR count). The van der Waals surface area contributed by atoms with Crippen LogP contribution in [0.3, 0.4) is 0 Å². The first kappa shape index (κ1) is 30.7. The molecule has 1 aromatic heterocycles. The number of fused-ring (bicyclic) bond motifs is 1. The molecule has 2 heterocycles. The number of aromatic nitrogens is 2. The average Bonchev–Trinajstić information content (AvgIpc) is 2.92. The van der Waals surface area contributed by atoms with Gasteiger partial charge < -0.3 is 14.5 Å². The van der Waals surface area contributed by atoms with Gasteiger partial charge in [-0.05, 0) is 54.4 Å². The molecule has 1 N–H and O–H groups in total. The number of anilines is 3. The zero-order valence-corrected chi connectivity index (χ0v) is 26.9. The van der Waals surface area contributed by atoms with Crippen molar-refractivity contribution < 1.29 is 14.0 Å². The van der Waals surface area contributed by atoms with E-state index in [9.17, 15) is 4.79 Å². The van der Waals surface area contributed by atoms with Crippen LogP contribution < -0.4 is 15.1 Å². The zero-order valence-electron chi connectivity index (χ0n) is 25.1. The van der Waals surface area contributed by atoms with E-state index in [1.807, 2.05) is 30.5 Å². The molecule has 2 aliphatic rings. The standard InChI is InChI=1S/C30H46ClN5O3Si/c1-20(2)40(21(3)4,22(5)6)39-17-16-35-28-23(19-36(30(35)37)27-11-9-8-10-26(27)31)18-32-29(34-28)33-24-12-14-25(38-7)15-13-24/h8-11,18,20-22,24-25H,12-17,19H2,1-7H3,(H,32,33,34). The molecule has 0 saturated heterocycles. The van der Waals surface area contributed by atoms with Crippen molar-refractivity contribution in [3.05, 3.63) is 41.0 Å². The second kappa shape index (κ2) is 13.2. The minimum Gasteiger partial charge on any atom is -0.414 e. The minimum absolute atomic E-state index is 0.152. The fraction of sp³-hybridized carbons (Fsp3) is 0.633. The van der Waals surface area contributed by atoms with Gasteiger partial charge >= 0.3 is 6.03 Å². The summed E-state index contributed by atoms with van der Waals surface area (Å²) in [7, 11) is -0.313. The summed E-state index contributed by atoms with van der Waals surface area (Å²) in [6.45, 7) is 14.9. The number of nitrogens with zero attached hydrogens (tertiary/aromatic N) is 4. The number of rotatable bonds is 11. The largest absolute Gasteiger partial charge is 0.414 e. The highest BCUT2D eigenvalue weighted by atomic mass is 35.5. The molecule has 0 radical (unpaired) electrons. The lowest BCUT2D eigenvalue weighted by Crippen LogP contribution is -2.52. The highest BCUT2D eigenvalue weighted by Crippen LogP contribution is 2.42. The van der Waals surface area contributed by atoms with Crippen LogP contribution >= 0.6 is 11.6 Å². The molecule has 0 unspecified atom stereocenters. The van der Waals surface area contributed by atoms with Crippen molar-refractivity contribution in [1.82, 2.24) is 9.97 Å². The molecular weight excluding hydrogens is 542 g/mol. The van der Waals surface area contributed by atoms with Gasteiger partial charge in [-0.15, -0.1) is 0 Å². The van der Waals surface area contributed by atoms with Crippen molar-refractivity contribution in [2.45, 2.75) is 103 Å². The van der Waals surface area contributed by atoms with Crippen LogP contribution in [0.1, 0.15) is 72.8 Å². The molecule has 0 atom stereocenters. The molecule has 0 bridgehead atoms. The van der Waals surface area contributed by atoms with Crippen molar-refractivity contribution in [1.29, 1.82) is 0 Å². The number of halogens is 1. The highest BCUT2D eigenvalue weighted by Gasteiger charge is 2.45. The number of hydrogen-bond donors (Lipinski definition) is 1. The lowest BCUT2D eigenvalue weighted by molar-refractivity contribution is 0.0681.